The van der Waals surface area contributed by atoms with E-state index in [0.29, 0.717) is 11.7 Å². The number of nitrogens with one attached hydrogen (secondary N) is 1. The Hall–Kier alpha value is -2.80. The van der Waals surface area contributed by atoms with Gasteiger partial charge in [-0.3, -0.25) is 4.79 Å². The van der Waals surface area contributed by atoms with Gasteiger partial charge in [0.1, 0.15) is 11.6 Å². The van der Waals surface area contributed by atoms with E-state index in [1.54, 1.807) is 7.11 Å². The maximum Gasteiger partial charge on any atom is 0.230 e. The lowest BCUT2D eigenvalue weighted by Crippen LogP contribution is -2.31. The monoisotopic (exact) mass is 436 g/mol. The molecule has 1 aromatic heterocycles. The van der Waals surface area contributed by atoms with Crippen LogP contribution in [0.25, 0.3) is 0 Å². The molecule has 0 aliphatic heterocycles. The largest absolute Gasteiger partial charge is 0.497 e. The first-order valence-electron chi connectivity index (χ1n) is 10.7. The van der Waals surface area contributed by atoms with Gasteiger partial charge in [-0.1, -0.05) is 54.2 Å². The van der Waals surface area contributed by atoms with Gasteiger partial charge < -0.3 is 14.6 Å². The van der Waals surface area contributed by atoms with Crippen LogP contribution in [-0.2, 0) is 17.8 Å². The number of thioether (sulfide) groups is 1. The van der Waals surface area contributed by atoms with Crippen molar-refractivity contribution in [3.05, 3.63) is 71.5 Å². The number of hydrogen-bond donors (Lipinski definition) is 1. The number of carbonyl (C=O) groups is 1. The van der Waals surface area contributed by atoms with Crippen molar-refractivity contribution in [2.45, 2.75) is 43.9 Å². The summed E-state index contributed by atoms with van der Waals surface area (Å²) in [4.78, 5) is 12.7. The molecule has 2 aromatic carbocycles. The molecule has 1 amide bonds. The predicted octanol–water partition coefficient (Wildman–Crippen LogP) is 4.26. The molecule has 0 radical (unpaired) electrons. The first-order valence-corrected chi connectivity index (χ1v) is 11.7. The second kappa shape index (κ2) is 10.0. The molecular weight excluding hydrogens is 408 g/mol. The highest BCUT2D eigenvalue weighted by molar-refractivity contribution is 7.99. The van der Waals surface area contributed by atoms with E-state index < -0.39 is 0 Å². The van der Waals surface area contributed by atoms with E-state index in [-0.39, 0.29) is 11.9 Å². The Kier molecular flexibility index (Phi) is 6.92. The van der Waals surface area contributed by atoms with Crippen molar-refractivity contribution in [2.75, 3.05) is 12.9 Å². The Morgan fingerprint density at radius 1 is 1.16 bits per heavy atom. The van der Waals surface area contributed by atoms with E-state index in [1.807, 2.05) is 42.5 Å². The Morgan fingerprint density at radius 2 is 1.90 bits per heavy atom. The number of amides is 1. The lowest BCUT2D eigenvalue weighted by molar-refractivity contribution is -0.119. The molecule has 162 valence electrons. The molecule has 31 heavy (non-hydrogen) atoms. The SMILES string of the molecule is CCn1c(Cc2ccccc2)nnc1SCC(=O)NC(c1ccc(OC)cc1)C1CC1. The van der Waals surface area contributed by atoms with Crippen molar-refractivity contribution in [3.63, 3.8) is 0 Å². The van der Waals surface area contributed by atoms with Crippen LogP contribution < -0.4 is 10.1 Å². The van der Waals surface area contributed by atoms with Gasteiger partial charge in [-0.05, 0) is 48.9 Å². The van der Waals surface area contributed by atoms with Crippen LogP contribution in [0.15, 0.2) is 59.8 Å². The Balaban J connectivity index is 1.37. The molecule has 1 saturated carbocycles. The summed E-state index contributed by atoms with van der Waals surface area (Å²) in [5.74, 6) is 2.60. The van der Waals surface area contributed by atoms with Crippen LogP contribution in [0, 0.1) is 5.92 Å². The average Bonchev–Trinajstić information content (AvgIpc) is 3.58. The summed E-state index contributed by atoms with van der Waals surface area (Å²) in [5.41, 5.74) is 2.33. The fraction of sp³-hybridized carbons (Fsp3) is 0.375. The van der Waals surface area contributed by atoms with Crippen molar-refractivity contribution >= 4 is 17.7 Å². The van der Waals surface area contributed by atoms with Crippen LogP contribution in [0.1, 0.15) is 42.8 Å². The Bertz CT molecular complexity index is 1000. The lowest BCUT2D eigenvalue weighted by atomic mass is 10.0. The van der Waals surface area contributed by atoms with Crippen LogP contribution in [0.2, 0.25) is 0 Å². The fourth-order valence-electron chi connectivity index (χ4n) is 3.71. The van der Waals surface area contributed by atoms with Gasteiger partial charge in [0.25, 0.3) is 0 Å². The van der Waals surface area contributed by atoms with Gasteiger partial charge in [-0.15, -0.1) is 10.2 Å². The molecule has 1 unspecified atom stereocenters. The van der Waals surface area contributed by atoms with Crippen molar-refractivity contribution in [1.82, 2.24) is 20.1 Å². The van der Waals surface area contributed by atoms with E-state index in [4.69, 9.17) is 4.74 Å². The minimum atomic E-state index is 0.0213. The van der Waals surface area contributed by atoms with Gasteiger partial charge in [-0.2, -0.15) is 0 Å². The molecule has 7 heteroatoms. The number of nitrogens with zero attached hydrogens (tertiary/aromatic N) is 3. The summed E-state index contributed by atoms with van der Waals surface area (Å²) < 4.78 is 7.34. The van der Waals surface area contributed by atoms with Gasteiger partial charge in [-0.25, -0.2) is 0 Å². The molecule has 6 nitrogen and oxygen atoms in total. The number of methoxy groups -OCH3 is 1. The minimum absolute atomic E-state index is 0.0213. The van der Waals surface area contributed by atoms with Gasteiger partial charge >= 0.3 is 0 Å². The summed E-state index contributed by atoms with van der Waals surface area (Å²) in [7, 11) is 1.66. The molecule has 1 aliphatic rings. The molecule has 1 fully saturated rings. The van der Waals surface area contributed by atoms with Gasteiger partial charge in [0.2, 0.25) is 5.91 Å². The summed E-state index contributed by atoms with van der Waals surface area (Å²) in [6.07, 6.45) is 3.03. The molecule has 0 bridgehead atoms. The number of benzene rings is 2. The van der Waals surface area contributed by atoms with E-state index in [0.717, 1.165) is 48.1 Å². The van der Waals surface area contributed by atoms with Crippen LogP contribution in [0.4, 0.5) is 0 Å². The van der Waals surface area contributed by atoms with Crippen LogP contribution >= 0.6 is 11.8 Å². The molecule has 1 heterocycles. The predicted molar refractivity (Wildman–Crippen MR) is 122 cm³/mol. The highest BCUT2D eigenvalue weighted by Gasteiger charge is 2.33. The van der Waals surface area contributed by atoms with E-state index >= 15 is 0 Å². The first-order chi connectivity index (χ1) is 15.2. The number of hydrogen-bond acceptors (Lipinski definition) is 5. The molecule has 1 aliphatic carbocycles. The Morgan fingerprint density at radius 3 is 2.55 bits per heavy atom. The van der Waals surface area contributed by atoms with Crippen molar-refractivity contribution < 1.29 is 9.53 Å². The zero-order valence-electron chi connectivity index (χ0n) is 18.0. The summed E-state index contributed by atoms with van der Waals surface area (Å²) in [6.45, 7) is 2.85. The molecule has 0 spiro atoms. The third-order valence-corrected chi connectivity index (χ3v) is 6.50. The van der Waals surface area contributed by atoms with E-state index in [2.05, 4.69) is 39.1 Å². The number of ether oxygens (including phenoxy) is 1. The minimum Gasteiger partial charge on any atom is -0.497 e. The molecule has 4 rings (SSSR count). The van der Waals surface area contributed by atoms with Gasteiger partial charge in [0.05, 0.1) is 18.9 Å². The highest BCUT2D eigenvalue weighted by atomic mass is 32.2. The van der Waals surface area contributed by atoms with Crippen molar-refractivity contribution in [1.29, 1.82) is 0 Å². The highest BCUT2D eigenvalue weighted by Crippen LogP contribution is 2.41. The van der Waals surface area contributed by atoms with E-state index in [1.165, 1.54) is 17.3 Å². The molecule has 3 aromatic rings. The average molecular weight is 437 g/mol. The van der Waals surface area contributed by atoms with Crippen molar-refractivity contribution in [2.24, 2.45) is 5.92 Å². The number of carbonyl (C=O) groups excluding carboxylic acids is 1. The molecular formula is C24H28N4O2S. The summed E-state index contributed by atoms with van der Waals surface area (Å²) in [6, 6.07) is 18.3. The molecule has 0 saturated heterocycles. The zero-order valence-corrected chi connectivity index (χ0v) is 18.8. The number of aromatic nitrogens is 3. The lowest BCUT2D eigenvalue weighted by Gasteiger charge is -2.19. The van der Waals surface area contributed by atoms with Crippen LogP contribution in [0.3, 0.4) is 0 Å². The standard InChI is InChI=1S/C24H28N4O2S/c1-3-28-21(15-17-7-5-4-6-8-17)26-27-24(28)31-16-22(29)25-23(18-9-10-18)19-11-13-20(30-2)14-12-19/h4-8,11-14,18,23H,3,9-10,15-16H2,1-2H3,(H,25,29). The second-order valence-corrected chi connectivity index (χ2v) is 8.69. The first kappa shape index (κ1) is 21.4. The normalized spacial score (nSPS) is 14.3. The smallest absolute Gasteiger partial charge is 0.230 e. The maximum absolute atomic E-state index is 12.7. The van der Waals surface area contributed by atoms with E-state index in [9.17, 15) is 4.79 Å². The molecule has 1 N–H and O–H groups in total. The topological polar surface area (TPSA) is 69.0 Å². The van der Waals surface area contributed by atoms with Crippen molar-refractivity contribution in [3.8, 4) is 5.75 Å². The quantitative estimate of drug-likeness (QED) is 0.481. The van der Waals surface area contributed by atoms with Gasteiger partial charge in [0, 0.05) is 13.0 Å². The second-order valence-electron chi connectivity index (χ2n) is 7.75. The number of rotatable bonds is 10. The summed E-state index contributed by atoms with van der Waals surface area (Å²) >= 11 is 1.44. The fourth-order valence-corrected chi connectivity index (χ4v) is 4.54. The maximum atomic E-state index is 12.7. The van der Waals surface area contributed by atoms with Crippen LogP contribution in [0.5, 0.6) is 5.75 Å². The zero-order chi connectivity index (χ0) is 21.6. The summed E-state index contributed by atoms with van der Waals surface area (Å²) in [5, 5.41) is 12.7. The Labute approximate surface area is 187 Å². The molecule has 1 atom stereocenters. The van der Waals surface area contributed by atoms with Gasteiger partial charge in [0.15, 0.2) is 5.16 Å². The third-order valence-electron chi connectivity index (χ3n) is 5.53. The van der Waals surface area contributed by atoms with Crippen LogP contribution in [-0.4, -0.2) is 33.5 Å². The third kappa shape index (κ3) is 5.47.